The van der Waals surface area contributed by atoms with Gasteiger partial charge in [0.1, 0.15) is 11.5 Å². The molecule has 0 saturated heterocycles. The third-order valence-electron chi connectivity index (χ3n) is 2.68. The van der Waals surface area contributed by atoms with Crippen LogP contribution in [0.25, 0.3) is 11.1 Å². The Labute approximate surface area is 107 Å². The second-order valence-corrected chi connectivity index (χ2v) is 3.88. The van der Waals surface area contributed by atoms with Gasteiger partial charge in [-0.15, -0.1) is 0 Å². The van der Waals surface area contributed by atoms with E-state index in [1.165, 1.54) is 24.3 Å². The van der Waals surface area contributed by atoms with E-state index in [2.05, 4.69) is 0 Å². The minimum absolute atomic E-state index is 0.0119. The first kappa shape index (κ1) is 12.7. The van der Waals surface area contributed by atoms with Gasteiger partial charge in [-0.1, -0.05) is 6.07 Å². The molecule has 96 valence electrons. The van der Waals surface area contributed by atoms with E-state index in [0.29, 0.717) is 11.8 Å². The lowest BCUT2D eigenvalue weighted by molar-refractivity contribution is -0.383. The average molecular weight is 260 g/mol. The molecule has 2 N–H and O–H groups in total. The number of carbonyl (C=O) groups excluding carboxylic acids is 1. The second kappa shape index (κ2) is 4.85. The molecule has 0 bridgehead atoms. The maximum absolute atomic E-state index is 13.2. The minimum Gasteiger partial charge on any atom is -0.393 e. The van der Waals surface area contributed by atoms with Gasteiger partial charge in [-0.05, 0) is 35.4 Å². The molecule has 0 aliphatic carbocycles. The van der Waals surface area contributed by atoms with Crippen molar-refractivity contribution in [3.63, 3.8) is 0 Å². The average Bonchev–Trinajstić information content (AvgIpc) is 2.39. The number of nitrogens with two attached hydrogens (primary N) is 1. The lowest BCUT2D eigenvalue weighted by Gasteiger charge is -2.06. The zero-order valence-electron chi connectivity index (χ0n) is 9.67. The number of nitro groups is 1. The van der Waals surface area contributed by atoms with Crippen molar-refractivity contribution in [2.45, 2.75) is 0 Å². The summed E-state index contributed by atoms with van der Waals surface area (Å²) in [5.41, 5.74) is 6.12. The highest BCUT2D eigenvalue weighted by Crippen LogP contribution is 2.30. The molecule has 0 heterocycles. The molecule has 2 rings (SSSR count). The number of hydrogen-bond donors (Lipinski definition) is 1. The number of nitro benzene ring substituents is 1. The summed E-state index contributed by atoms with van der Waals surface area (Å²) >= 11 is 0. The van der Waals surface area contributed by atoms with Gasteiger partial charge in [0.05, 0.1) is 4.92 Å². The summed E-state index contributed by atoms with van der Waals surface area (Å²) in [4.78, 5) is 21.1. The number of rotatable bonds is 3. The number of anilines is 1. The van der Waals surface area contributed by atoms with E-state index in [-0.39, 0.29) is 22.5 Å². The molecular weight excluding hydrogens is 251 g/mol. The predicted molar refractivity (Wildman–Crippen MR) is 68.3 cm³/mol. The number of nitrogens with zero attached hydrogens (tertiary/aromatic N) is 1. The maximum atomic E-state index is 13.2. The van der Waals surface area contributed by atoms with Crippen molar-refractivity contribution in [3.05, 3.63) is 57.9 Å². The van der Waals surface area contributed by atoms with Gasteiger partial charge in [-0.3, -0.25) is 14.9 Å². The molecule has 2 aromatic carbocycles. The van der Waals surface area contributed by atoms with Gasteiger partial charge in [-0.2, -0.15) is 0 Å². The first-order valence-corrected chi connectivity index (χ1v) is 5.32. The van der Waals surface area contributed by atoms with E-state index < -0.39 is 10.7 Å². The molecule has 0 atom stereocenters. The Morgan fingerprint density at radius 1 is 1.21 bits per heavy atom. The van der Waals surface area contributed by atoms with Gasteiger partial charge in [0.25, 0.3) is 5.69 Å². The number of aldehydes is 1. The van der Waals surface area contributed by atoms with Crippen LogP contribution in [-0.2, 0) is 0 Å². The Balaban J connectivity index is 2.65. The van der Waals surface area contributed by atoms with Gasteiger partial charge in [0.2, 0.25) is 0 Å². The fourth-order valence-corrected chi connectivity index (χ4v) is 1.75. The molecule has 0 fully saturated rings. The van der Waals surface area contributed by atoms with Crippen LogP contribution >= 0.6 is 0 Å². The van der Waals surface area contributed by atoms with E-state index in [9.17, 15) is 19.3 Å². The third kappa shape index (κ3) is 2.42. The Hall–Kier alpha value is -2.76. The molecule has 6 heteroatoms. The topological polar surface area (TPSA) is 86.2 Å². The standard InChI is InChI=1S/C13H9FN2O3/c14-10-3-1-9(7-17)11(6-10)8-2-4-12(15)13(5-8)16(18)19/h1-7H,15H2. The minimum atomic E-state index is -0.626. The number of nitrogen functional groups attached to an aromatic ring is 1. The largest absolute Gasteiger partial charge is 0.393 e. The normalized spacial score (nSPS) is 10.2. The quantitative estimate of drug-likeness (QED) is 0.398. The monoisotopic (exact) mass is 260 g/mol. The summed E-state index contributed by atoms with van der Waals surface area (Å²) < 4.78 is 13.2. The van der Waals surface area contributed by atoms with Crippen LogP contribution in [0.4, 0.5) is 15.8 Å². The molecule has 2 aromatic rings. The lowest BCUT2D eigenvalue weighted by atomic mass is 9.99. The van der Waals surface area contributed by atoms with Crippen molar-refractivity contribution in [3.8, 4) is 11.1 Å². The molecule has 0 aliphatic rings. The van der Waals surface area contributed by atoms with E-state index >= 15 is 0 Å². The summed E-state index contributed by atoms with van der Waals surface area (Å²) in [6.07, 6.45) is 0.566. The van der Waals surface area contributed by atoms with Crippen molar-refractivity contribution in [1.29, 1.82) is 0 Å². The fourth-order valence-electron chi connectivity index (χ4n) is 1.75. The number of benzene rings is 2. The molecule has 19 heavy (non-hydrogen) atoms. The number of halogens is 1. The Bertz CT molecular complexity index is 671. The van der Waals surface area contributed by atoms with Crippen LogP contribution in [-0.4, -0.2) is 11.2 Å². The van der Waals surface area contributed by atoms with Gasteiger partial charge in [0, 0.05) is 11.6 Å². The van der Waals surface area contributed by atoms with E-state index in [1.54, 1.807) is 0 Å². The molecule has 0 aliphatic heterocycles. The van der Waals surface area contributed by atoms with Crippen LogP contribution in [0.1, 0.15) is 10.4 Å². The van der Waals surface area contributed by atoms with E-state index in [4.69, 9.17) is 5.73 Å². The number of carbonyl (C=O) groups is 1. The molecule has 5 nitrogen and oxygen atoms in total. The fraction of sp³-hybridized carbons (Fsp3) is 0. The maximum Gasteiger partial charge on any atom is 0.292 e. The molecule has 0 amide bonds. The SMILES string of the molecule is Nc1ccc(-c2cc(F)ccc2C=O)cc1[N+](=O)[O-]. The summed E-state index contributed by atoms with van der Waals surface area (Å²) in [6.45, 7) is 0. The summed E-state index contributed by atoms with van der Waals surface area (Å²) in [5, 5.41) is 10.8. The molecule has 0 radical (unpaired) electrons. The first-order chi connectivity index (χ1) is 9.02. The first-order valence-electron chi connectivity index (χ1n) is 5.32. The lowest BCUT2D eigenvalue weighted by Crippen LogP contribution is -1.97. The second-order valence-electron chi connectivity index (χ2n) is 3.88. The smallest absolute Gasteiger partial charge is 0.292 e. The summed E-state index contributed by atoms with van der Waals surface area (Å²) in [5.74, 6) is -0.528. The molecule has 0 unspecified atom stereocenters. The van der Waals surface area contributed by atoms with Crippen LogP contribution in [0.3, 0.4) is 0 Å². The summed E-state index contributed by atoms with van der Waals surface area (Å²) in [7, 11) is 0. The Kier molecular flexibility index (Phi) is 3.24. The molecule has 0 saturated carbocycles. The van der Waals surface area contributed by atoms with Crippen LogP contribution in [0.5, 0.6) is 0 Å². The van der Waals surface area contributed by atoms with Crippen LogP contribution < -0.4 is 5.73 Å². The highest BCUT2D eigenvalue weighted by atomic mass is 19.1. The van der Waals surface area contributed by atoms with E-state index in [1.807, 2.05) is 0 Å². The third-order valence-corrected chi connectivity index (χ3v) is 2.68. The van der Waals surface area contributed by atoms with Crippen molar-refractivity contribution in [2.24, 2.45) is 0 Å². The van der Waals surface area contributed by atoms with Crippen LogP contribution in [0.15, 0.2) is 36.4 Å². The Morgan fingerprint density at radius 2 is 1.95 bits per heavy atom. The molecular formula is C13H9FN2O3. The van der Waals surface area contributed by atoms with E-state index in [0.717, 1.165) is 12.1 Å². The highest BCUT2D eigenvalue weighted by molar-refractivity contribution is 5.88. The predicted octanol–water partition coefficient (Wildman–Crippen LogP) is 2.80. The van der Waals surface area contributed by atoms with Crippen LogP contribution in [0, 0.1) is 15.9 Å². The van der Waals surface area contributed by atoms with Gasteiger partial charge in [-0.25, -0.2) is 4.39 Å². The van der Waals surface area contributed by atoms with Gasteiger partial charge >= 0.3 is 0 Å². The zero-order valence-corrected chi connectivity index (χ0v) is 9.67. The van der Waals surface area contributed by atoms with Crippen molar-refractivity contribution >= 4 is 17.7 Å². The molecule has 0 spiro atoms. The van der Waals surface area contributed by atoms with Crippen molar-refractivity contribution in [2.75, 3.05) is 5.73 Å². The number of hydrogen-bond acceptors (Lipinski definition) is 4. The zero-order chi connectivity index (χ0) is 14.0. The highest BCUT2D eigenvalue weighted by Gasteiger charge is 2.14. The van der Waals surface area contributed by atoms with Gasteiger partial charge < -0.3 is 5.73 Å². The summed E-state index contributed by atoms with van der Waals surface area (Å²) in [6, 6.07) is 7.70. The molecule has 0 aromatic heterocycles. The van der Waals surface area contributed by atoms with Crippen molar-refractivity contribution in [1.82, 2.24) is 0 Å². The van der Waals surface area contributed by atoms with Crippen molar-refractivity contribution < 1.29 is 14.1 Å². The van der Waals surface area contributed by atoms with Crippen LogP contribution in [0.2, 0.25) is 0 Å². The Morgan fingerprint density at radius 3 is 2.58 bits per heavy atom. The van der Waals surface area contributed by atoms with Gasteiger partial charge in [0.15, 0.2) is 6.29 Å².